The van der Waals surface area contributed by atoms with Crippen LogP contribution in [0.4, 0.5) is 0 Å². The summed E-state index contributed by atoms with van der Waals surface area (Å²) in [6, 6.07) is 0.498. The predicted molar refractivity (Wildman–Crippen MR) is 48.9 cm³/mol. The molecule has 0 atom stereocenters. The van der Waals surface area contributed by atoms with E-state index >= 15 is 0 Å². The number of allylic oxidation sites excluding steroid dienone is 1. The van der Waals surface area contributed by atoms with Gasteiger partial charge in [0.15, 0.2) is 0 Å². The van der Waals surface area contributed by atoms with Gasteiger partial charge in [0.05, 0.1) is 0 Å². The summed E-state index contributed by atoms with van der Waals surface area (Å²) >= 11 is 0. The van der Waals surface area contributed by atoms with Gasteiger partial charge in [-0.3, -0.25) is 0 Å². The molecule has 3 heteroatoms. The maximum absolute atomic E-state index is 3.20. The molecule has 0 aliphatic carbocycles. The lowest BCUT2D eigenvalue weighted by molar-refractivity contribution is 0.206. The van der Waals surface area contributed by atoms with E-state index in [1.54, 1.807) is 0 Å². The van der Waals surface area contributed by atoms with Crippen LogP contribution in [-0.2, 0) is 0 Å². The average Bonchev–Trinajstić information content (AvgIpc) is 1.99. The average molecular weight is 157 g/mol. The Morgan fingerprint density at radius 3 is 2.27 bits per heavy atom. The van der Waals surface area contributed by atoms with Crippen molar-refractivity contribution in [3.05, 3.63) is 11.9 Å². The first-order chi connectivity index (χ1) is 5.11. The van der Waals surface area contributed by atoms with Crippen LogP contribution in [0.3, 0.4) is 0 Å². The van der Waals surface area contributed by atoms with Gasteiger partial charge in [-0.2, -0.15) is 0 Å². The molecule has 0 aromatic carbocycles. The van der Waals surface area contributed by atoms with E-state index in [2.05, 4.69) is 24.6 Å². The Balaban J connectivity index is 3.82. The molecular formula is C8H19N3. The highest BCUT2D eigenvalue weighted by atomic mass is 15.5. The molecule has 0 rings (SSSR count). The van der Waals surface area contributed by atoms with Crippen LogP contribution < -0.4 is 10.7 Å². The van der Waals surface area contributed by atoms with E-state index in [1.165, 1.54) is 0 Å². The van der Waals surface area contributed by atoms with Crippen LogP contribution in [0, 0.1) is 0 Å². The molecule has 0 saturated carbocycles. The second kappa shape index (κ2) is 5.02. The van der Waals surface area contributed by atoms with Gasteiger partial charge >= 0.3 is 0 Å². The van der Waals surface area contributed by atoms with Crippen molar-refractivity contribution in [3.63, 3.8) is 0 Å². The summed E-state index contributed by atoms with van der Waals surface area (Å²) in [6.07, 6.45) is 2.00. The molecule has 0 saturated heterocycles. The van der Waals surface area contributed by atoms with Crippen LogP contribution in [0.5, 0.6) is 0 Å². The summed E-state index contributed by atoms with van der Waals surface area (Å²) in [7, 11) is 3.92. The van der Waals surface area contributed by atoms with Gasteiger partial charge < -0.3 is 10.7 Å². The fraction of sp³-hybridized carbons (Fsp3) is 0.750. The van der Waals surface area contributed by atoms with Crippen LogP contribution >= 0.6 is 0 Å². The molecule has 0 spiro atoms. The smallest absolute Gasteiger partial charge is 0.109 e. The molecule has 0 aliphatic heterocycles. The largest absolute Gasteiger partial charge is 0.374 e. The topological polar surface area (TPSA) is 27.3 Å². The standard InChI is InChI=1S/C8H19N3/c1-6-8(9-4)10-11(5)7(2)3/h6-7,9-10H,1-5H3/b8-6-. The molecule has 0 aromatic heterocycles. The quantitative estimate of drug-likeness (QED) is 0.594. The molecule has 3 nitrogen and oxygen atoms in total. The van der Waals surface area contributed by atoms with Crippen molar-refractivity contribution in [1.82, 2.24) is 15.8 Å². The van der Waals surface area contributed by atoms with E-state index in [4.69, 9.17) is 0 Å². The van der Waals surface area contributed by atoms with Gasteiger partial charge in [-0.25, -0.2) is 5.01 Å². The van der Waals surface area contributed by atoms with E-state index in [0.717, 1.165) is 5.82 Å². The van der Waals surface area contributed by atoms with Crippen LogP contribution in [-0.4, -0.2) is 25.1 Å². The van der Waals surface area contributed by atoms with E-state index in [0.29, 0.717) is 6.04 Å². The number of nitrogens with one attached hydrogen (secondary N) is 2. The first kappa shape index (κ1) is 10.3. The molecule has 0 fully saturated rings. The van der Waals surface area contributed by atoms with Crippen molar-refractivity contribution >= 4 is 0 Å². The maximum atomic E-state index is 3.20. The van der Waals surface area contributed by atoms with Crippen LogP contribution in [0.1, 0.15) is 20.8 Å². The van der Waals surface area contributed by atoms with Crippen LogP contribution in [0.25, 0.3) is 0 Å². The summed E-state index contributed by atoms with van der Waals surface area (Å²) in [6.45, 7) is 6.26. The van der Waals surface area contributed by atoms with E-state index in [9.17, 15) is 0 Å². The van der Waals surface area contributed by atoms with Crippen LogP contribution in [0.2, 0.25) is 0 Å². The van der Waals surface area contributed by atoms with Gasteiger partial charge in [0.25, 0.3) is 0 Å². The van der Waals surface area contributed by atoms with E-state index in [1.807, 2.05) is 32.1 Å². The SMILES string of the molecule is C/C=C(/NC)NN(C)C(C)C. The third-order valence-electron chi connectivity index (χ3n) is 1.63. The Kier molecular flexibility index (Phi) is 4.70. The molecule has 0 radical (unpaired) electrons. The fourth-order valence-corrected chi connectivity index (χ4v) is 0.584. The van der Waals surface area contributed by atoms with Crippen molar-refractivity contribution in [3.8, 4) is 0 Å². The maximum Gasteiger partial charge on any atom is 0.109 e. The molecule has 0 aromatic rings. The lowest BCUT2D eigenvalue weighted by Gasteiger charge is -2.24. The first-order valence-corrected chi connectivity index (χ1v) is 3.95. The molecule has 11 heavy (non-hydrogen) atoms. The fourth-order valence-electron chi connectivity index (χ4n) is 0.584. The minimum absolute atomic E-state index is 0.498. The van der Waals surface area contributed by atoms with Crippen molar-refractivity contribution in [2.24, 2.45) is 0 Å². The third kappa shape index (κ3) is 3.88. The van der Waals surface area contributed by atoms with E-state index < -0.39 is 0 Å². The normalized spacial score (nSPS) is 12.5. The van der Waals surface area contributed by atoms with Crippen molar-refractivity contribution in [2.75, 3.05) is 14.1 Å². The number of hydrogen-bond acceptors (Lipinski definition) is 3. The summed E-state index contributed by atoms with van der Waals surface area (Å²) in [5.41, 5.74) is 3.20. The molecular weight excluding hydrogens is 138 g/mol. The highest BCUT2D eigenvalue weighted by Crippen LogP contribution is 1.90. The highest BCUT2D eigenvalue weighted by Gasteiger charge is 2.01. The number of rotatable bonds is 4. The Morgan fingerprint density at radius 2 is 2.00 bits per heavy atom. The lowest BCUT2D eigenvalue weighted by atomic mass is 10.4. The molecule has 0 unspecified atom stereocenters. The van der Waals surface area contributed by atoms with Gasteiger partial charge in [-0.15, -0.1) is 0 Å². The van der Waals surface area contributed by atoms with Crippen molar-refractivity contribution in [1.29, 1.82) is 0 Å². The molecule has 0 amide bonds. The van der Waals surface area contributed by atoms with Gasteiger partial charge in [-0.1, -0.05) is 0 Å². The Morgan fingerprint density at radius 1 is 1.45 bits per heavy atom. The summed E-state index contributed by atoms with van der Waals surface area (Å²) in [5, 5.41) is 5.09. The predicted octanol–water partition coefficient (Wildman–Crippen LogP) is 0.912. The zero-order chi connectivity index (χ0) is 8.85. The molecule has 2 N–H and O–H groups in total. The highest BCUT2D eigenvalue weighted by molar-refractivity contribution is 4.92. The Bertz CT molecular complexity index is 129. The summed E-state index contributed by atoms with van der Waals surface area (Å²) in [5.74, 6) is 1.03. The first-order valence-electron chi connectivity index (χ1n) is 3.95. The second-order valence-electron chi connectivity index (χ2n) is 2.77. The van der Waals surface area contributed by atoms with Gasteiger partial charge in [0.1, 0.15) is 5.82 Å². The lowest BCUT2D eigenvalue weighted by Crippen LogP contribution is -2.41. The van der Waals surface area contributed by atoms with Gasteiger partial charge in [-0.05, 0) is 26.8 Å². The minimum Gasteiger partial charge on any atom is -0.374 e. The molecule has 0 heterocycles. The zero-order valence-corrected chi connectivity index (χ0v) is 8.10. The number of hydrazine groups is 1. The summed E-state index contributed by atoms with van der Waals surface area (Å²) in [4.78, 5) is 0. The second-order valence-corrected chi connectivity index (χ2v) is 2.77. The Labute approximate surface area is 69.4 Å². The minimum atomic E-state index is 0.498. The van der Waals surface area contributed by atoms with Gasteiger partial charge in [0.2, 0.25) is 0 Å². The molecule has 0 aliphatic rings. The summed E-state index contributed by atoms with van der Waals surface area (Å²) < 4.78 is 0. The molecule has 66 valence electrons. The van der Waals surface area contributed by atoms with Crippen LogP contribution in [0.15, 0.2) is 11.9 Å². The third-order valence-corrected chi connectivity index (χ3v) is 1.63. The van der Waals surface area contributed by atoms with Gasteiger partial charge in [0, 0.05) is 20.1 Å². The zero-order valence-electron chi connectivity index (χ0n) is 8.10. The number of hydrogen-bond donors (Lipinski definition) is 2. The Hall–Kier alpha value is -0.700. The van der Waals surface area contributed by atoms with E-state index in [-0.39, 0.29) is 0 Å². The monoisotopic (exact) mass is 157 g/mol. The van der Waals surface area contributed by atoms with Crippen molar-refractivity contribution in [2.45, 2.75) is 26.8 Å². The van der Waals surface area contributed by atoms with Crippen molar-refractivity contribution < 1.29 is 0 Å². The molecule has 0 bridgehead atoms. The number of nitrogens with zero attached hydrogens (tertiary/aromatic N) is 1.